The number of hydrogen-bond acceptors (Lipinski definition) is 6. The van der Waals surface area contributed by atoms with Gasteiger partial charge in [-0.05, 0) is 29.5 Å². The molecule has 0 saturated carbocycles. The number of thioether (sulfide) groups is 1. The van der Waals surface area contributed by atoms with E-state index in [1.54, 1.807) is 18.1 Å². The molecule has 1 fully saturated rings. The molecule has 1 N–H and O–H groups in total. The molecule has 31 heavy (non-hydrogen) atoms. The maximum Gasteiger partial charge on any atom is 0.133 e. The molecule has 5 nitrogen and oxygen atoms in total. The molecule has 0 spiro atoms. The molecule has 3 heterocycles. The summed E-state index contributed by atoms with van der Waals surface area (Å²) in [6, 6.07) is 21.4. The number of β-amino-alcohol motifs (C(OH)–C–C–N with tert-alkyl or cyclic N) is 1. The molecule has 2 atom stereocenters. The summed E-state index contributed by atoms with van der Waals surface area (Å²) in [4.78, 5) is 13.6. The zero-order valence-corrected chi connectivity index (χ0v) is 18.4. The van der Waals surface area contributed by atoms with Gasteiger partial charge in [0.1, 0.15) is 17.2 Å². The highest BCUT2D eigenvalue weighted by atomic mass is 32.2. The van der Waals surface area contributed by atoms with Gasteiger partial charge in [0.25, 0.3) is 0 Å². The van der Waals surface area contributed by atoms with Crippen LogP contribution in [0.3, 0.4) is 0 Å². The maximum absolute atomic E-state index is 11.0. The van der Waals surface area contributed by atoms with Gasteiger partial charge in [0.05, 0.1) is 6.10 Å². The molecule has 6 heteroatoms. The van der Waals surface area contributed by atoms with Crippen LogP contribution in [0.4, 0.5) is 5.82 Å². The van der Waals surface area contributed by atoms with Crippen LogP contribution in [-0.2, 0) is 18.7 Å². The molecule has 2 aromatic carbocycles. The van der Waals surface area contributed by atoms with Gasteiger partial charge in [-0.25, -0.2) is 9.97 Å². The standard InChI is InChI=1S/C25H28N4OS/c30-23-16-29(13-11-22(23)28-12-10-20-8-4-5-9-21(20)15-28)24-14-25(27-18-26-24)31-17-19-6-2-1-3-7-19/h1-9,14,18,22-23,30H,10-13,15-17H2. The van der Waals surface area contributed by atoms with Crippen molar-refractivity contribution in [2.45, 2.75) is 42.3 Å². The summed E-state index contributed by atoms with van der Waals surface area (Å²) < 4.78 is 0. The van der Waals surface area contributed by atoms with Gasteiger partial charge in [-0.2, -0.15) is 0 Å². The van der Waals surface area contributed by atoms with Crippen LogP contribution in [0.15, 0.2) is 72.0 Å². The van der Waals surface area contributed by atoms with Crippen LogP contribution in [0.5, 0.6) is 0 Å². The van der Waals surface area contributed by atoms with E-state index in [0.29, 0.717) is 6.54 Å². The van der Waals surface area contributed by atoms with Crippen molar-refractivity contribution in [1.29, 1.82) is 0 Å². The minimum absolute atomic E-state index is 0.207. The fourth-order valence-electron chi connectivity index (χ4n) is 4.67. The topological polar surface area (TPSA) is 52.5 Å². The predicted octanol–water partition coefficient (Wildman–Crippen LogP) is 3.77. The molecular weight excluding hydrogens is 404 g/mol. The van der Waals surface area contributed by atoms with Crippen LogP contribution in [0.25, 0.3) is 0 Å². The summed E-state index contributed by atoms with van der Waals surface area (Å²) in [5, 5.41) is 12.0. The van der Waals surface area contributed by atoms with Gasteiger partial charge in [0, 0.05) is 44.0 Å². The van der Waals surface area contributed by atoms with Crippen LogP contribution >= 0.6 is 11.8 Å². The first-order valence-electron chi connectivity index (χ1n) is 11.0. The van der Waals surface area contributed by atoms with Crippen molar-refractivity contribution < 1.29 is 5.11 Å². The normalized spacial score (nSPS) is 21.6. The molecule has 3 aromatic rings. The lowest BCUT2D eigenvalue weighted by Gasteiger charge is -2.43. The largest absolute Gasteiger partial charge is 0.390 e. The van der Waals surface area contributed by atoms with Crippen molar-refractivity contribution in [1.82, 2.24) is 14.9 Å². The van der Waals surface area contributed by atoms with E-state index in [1.165, 1.54) is 16.7 Å². The lowest BCUT2D eigenvalue weighted by Crippen LogP contribution is -2.55. The lowest BCUT2D eigenvalue weighted by atomic mass is 9.94. The number of aromatic nitrogens is 2. The average molecular weight is 433 g/mol. The Kier molecular flexibility index (Phi) is 6.20. The first kappa shape index (κ1) is 20.5. The minimum atomic E-state index is -0.380. The van der Waals surface area contributed by atoms with Gasteiger partial charge in [-0.3, -0.25) is 4.90 Å². The number of hydrogen-bond donors (Lipinski definition) is 1. The summed E-state index contributed by atoms with van der Waals surface area (Å²) in [5.74, 6) is 1.80. The summed E-state index contributed by atoms with van der Waals surface area (Å²) in [6.45, 7) is 3.47. The van der Waals surface area contributed by atoms with Gasteiger partial charge in [-0.1, -0.05) is 54.6 Å². The highest BCUT2D eigenvalue weighted by Gasteiger charge is 2.34. The van der Waals surface area contributed by atoms with Crippen LogP contribution < -0.4 is 4.90 Å². The molecule has 5 rings (SSSR count). The van der Waals surface area contributed by atoms with Crippen LogP contribution in [0.1, 0.15) is 23.1 Å². The second-order valence-corrected chi connectivity index (χ2v) is 9.34. The number of aliphatic hydroxyl groups is 1. The first-order chi connectivity index (χ1) is 15.3. The number of benzene rings is 2. The van der Waals surface area contributed by atoms with E-state index in [4.69, 9.17) is 0 Å². The third-order valence-corrected chi connectivity index (χ3v) is 7.35. The number of fused-ring (bicyclic) bond motifs is 1. The monoisotopic (exact) mass is 432 g/mol. The highest BCUT2D eigenvalue weighted by Crippen LogP contribution is 2.28. The number of rotatable bonds is 5. The van der Waals surface area contributed by atoms with Crippen molar-refractivity contribution in [3.8, 4) is 0 Å². The van der Waals surface area contributed by atoms with Crippen LogP contribution in [0.2, 0.25) is 0 Å². The number of aliphatic hydroxyl groups excluding tert-OH is 1. The van der Waals surface area contributed by atoms with Crippen molar-refractivity contribution in [2.75, 3.05) is 24.5 Å². The van der Waals surface area contributed by atoms with E-state index >= 15 is 0 Å². The zero-order chi connectivity index (χ0) is 21.0. The summed E-state index contributed by atoms with van der Waals surface area (Å²) in [5.41, 5.74) is 4.14. The average Bonchev–Trinajstić information content (AvgIpc) is 2.83. The van der Waals surface area contributed by atoms with Crippen molar-refractivity contribution in [2.24, 2.45) is 0 Å². The van der Waals surface area contributed by atoms with E-state index in [1.807, 2.05) is 6.07 Å². The zero-order valence-electron chi connectivity index (χ0n) is 17.6. The first-order valence-corrected chi connectivity index (χ1v) is 12.0. The smallest absolute Gasteiger partial charge is 0.133 e. The molecule has 0 bridgehead atoms. The number of piperidine rings is 1. The van der Waals surface area contributed by atoms with Gasteiger partial charge in [0.2, 0.25) is 0 Å². The Morgan fingerprint density at radius 1 is 0.968 bits per heavy atom. The Balaban J connectivity index is 1.21. The van der Waals surface area contributed by atoms with Gasteiger partial charge in [0.15, 0.2) is 0 Å². The Hall–Kier alpha value is -2.41. The van der Waals surface area contributed by atoms with Crippen LogP contribution in [-0.4, -0.2) is 51.8 Å². The number of nitrogens with zero attached hydrogens (tertiary/aromatic N) is 4. The van der Waals surface area contributed by atoms with Crippen molar-refractivity contribution >= 4 is 17.6 Å². The Morgan fingerprint density at radius 2 is 1.77 bits per heavy atom. The highest BCUT2D eigenvalue weighted by molar-refractivity contribution is 7.98. The van der Waals surface area contributed by atoms with Gasteiger partial charge >= 0.3 is 0 Å². The third kappa shape index (κ3) is 4.76. The molecule has 1 saturated heterocycles. The molecule has 2 aliphatic heterocycles. The minimum Gasteiger partial charge on any atom is -0.390 e. The van der Waals surface area contributed by atoms with Crippen molar-refractivity contribution in [3.63, 3.8) is 0 Å². The van der Waals surface area contributed by atoms with E-state index in [-0.39, 0.29) is 12.1 Å². The van der Waals surface area contributed by atoms with Crippen molar-refractivity contribution in [3.05, 3.63) is 83.7 Å². The fourth-order valence-corrected chi connectivity index (χ4v) is 5.48. The molecule has 160 valence electrons. The SMILES string of the molecule is OC1CN(c2cc(SCc3ccccc3)ncn2)CCC1N1CCc2ccccc2C1. The molecule has 0 amide bonds. The lowest BCUT2D eigenvalue weighted by molar-refractivity contribution is 0.0293. The fraction of sp³-hybridized carbons (Fsp3) is 0.360. The van der Waals surface area contributed by atoms with E-state index in [0.717, 1.165) is 49.1 Å². The second-order valence-electron chi connectivity index (χ2n) is 8.35. The van der Waals surface area contributed by atoms with Gasteiger partial charge < -0.3 is 10.0 Å². The molecule has 1 aromatic heterocycles. The second kappa shape index (κ2) is 9.39. The molecule has 0 aliphatic carbocycles. The molecule has 2 unspecified atom stereocenters. The summed E-state index contributed by atoms with van der Waals surface area (Å²) in [7, 11) is 0. The number of anilines is 1. The predicted molar refractivity (Wildman–Crippen MR) is 125 cm³/mol. The van der Waals surface area contributed by atoms with Gasteiger partial charge in [-0.15, -0.1) is 11.8 Å². The van der Waals surface area contributed by atoms with E-state index < -0.39 is 0 Å². The van der Waals surface area contributed by atoms with E-state index in [2.05, 4.69) is 74.4 Å². The molecular formula is C25H28N4OS. The Morgan fingerprint density at radius 3 is 2.61 bits per heavy atom. The Bertz CT molecular complexity index is 1020. The summed E-state index contributed by atoms with van der Waals surface area (Å²) >= 11 is 1.72. The Labute approximate surface area is 188 Å². The third-order valence-electron chi connectivity index (χ3n) is 6.36. The quantitative estimate of drug-likeness (QED) is 0.489. The van der Waals surface area contributed by atoms with E-state index in [9.17, 15) is 5.11 Å². The maximum atomic E-state index is 11.0. The molecule has 2 aliphatic rings. The molecule has 0 radical (unpaired) electrons. The van der Waals surface area contributed by atoms with Crippen LogP contribution in [0, 0.1) is 0 Å². The summed E-state index contributed by atoms with van der Waals surface area (Å²) in [6.07, 6.45) is 3.27.